The van der Waals surface area contributed by atoms with Crippen LogP contribution in [0, 0.1) is 0 Å². The molecule has 0 saturated heterocycles. The van der Waals surface area contributed by atoms with Gasteiger partial charge in [0.25, 0.3) is 0 Å². The molecule has 1 aromatic rings. The number of thiocarbonyl (C=S) groups is 1. The molecule has 1 aliphatic rings. The minimum Gasteiger partial charge on any atom is -0.494 e. The van der Waals surface area contributed by atoms with Gasteiger partial charge in [0.1, 0.15) is 5.75 Å². The van der Waals surface area contributed by atoms with Gasteiger partial charge < -0.3 is 10.5 Å². The zero-order valence-electron chi connectivity index (χ0n) is 11.3. The Kier molecular flexibility index (Phi) is 5.61. The normalized spacial score (nSPS) is 14.6. The van der Waals surface area contributed by atoms with E-state index in [0.717, 1.165) is 44.3 Å². The smallest absolute Gasteiger partial charge is 0.119 e. The Morgan fingerprint density at radius 3 is 2.63 bits per heavy atom. The molecule has 2 N–H and O–H groups in total. The van der Waals surface area contributed by atoms with E-state index in [2.05, 4.69) is 4.90 Å². The second-order valence-corrected chi connectivity index (χ2v) is 5.52. The van der Waals surface area contributed by atoms with E-state index in [1.165, 1.54) is 12.8 Å². The van der Waals surface area contributed by atoms with Crippen molar-refractivity contribution in [3.63, 3.8) is 0 Å². The molecule has 0 bridgehead atoms. The third-order valence-electron chi connectivity index (χ3n) is 3.31. The van der Waals surface area contributed by atoms with Crippen LogP contribution in [0.3, 0.4) is 0 Å². The van der Waals surface area contributed by atoms with Gasteiger partial charge in [0.2, 0.25) is 0 Å². The summed E-state index contributed by atoms with van der Waals surface area (Å²) in [6.07, 6.45) is 4.50. The molecule has 4 heteroatoms. The molecule has 0 unspecified atom stereocenters. The standard InChI is InChI=1S/C15H22N2OS/c16-15(19)9-11-17(13-7-8-13)10-4-12-18-14-5-2-1-3-6-14/h1-3,5-6,13H,4,7-12H2,(H2,16,19). The fourth-order valence-electron chi connectivity index (χ4n) is 2.14. The highest BCUT2D eigenvalue weighted by molar-refractivity contribution is 7.80. The molecule has 104 valence electrons. The molecule has 0 aromatic heterocycles. The largest absolute Gasteiger partial charge is 0.494 e. The number of rotatable bonds is 9. The van der Waals surface area contributed by atoms with Gasteiger partial charge >= 0.3 is 0 Å². The quantitative estimate of drug-likeness (QED) is 0.556. The van der Waals surface area contributed by atoms with Crippen molar-refractivity contribution in [1.82, 2.24) is 4.90 Å². The average Bonchev–Trinajstić information content (AvgIpc) is 3.23. The molecule has 19 heavy (non-hydrogen) atoms. The van der Waals surface area contributed by atoms with E-state index in [1.807, 2.05) is 30.3 Å². The van der Waals surface area contributed by atoms with Gasteiger partial charge in [-0.15, -0.1) is 0 Å². The van der Waals surface area contributed by atoms with E-state index in [9.17, 15) is 0 Å². The molecule has 0 heterocycles. The van der Waals surface area contributed by atoms with Crippen molar-refractivity contribution in [3.8, 4) is 5.75 Å². The second-order valence-electron chi connectivity index (χ2n) is 5.00. The Hall–Kier alpha value is -1.13. The third-order valence-corrected chi connectivity index (χ3v) is 3.51. The van der Waals surface area contributed by atoms with Crippen molar-refractivity contribution in [1.29, 1.82) is 0 Å². The van der Waals surface area contributed by atoms with Gasteiger partial charge in [0.05, 0.1) is 11.6 Å². The monoisotopic (exact) mass is 278 g/mol. The lowest BCUT2D eigenvalue weighted by Gasteiger charge is -2.21. The molecule has 1 aliphatic carbocycles. The summed E-state index contributed by atoms with van der Waals surface area (Å²) >= 11 is 4.95. The Balaban J connectivity index is 1.63. The molecule has 0 radical (unpaired) electrons. The maximum absolute atomic E-state index is 5.70. The minimum absolute atomic E-state index is 0.617. The molecule has 0 aliphatic heterocycles. The van der Waals surface area contributed by atoms with Crippen LogP contribution in [0.2, 0.25) is 0 Å². The van der Waals surface area contributed by atoms with Crippen molar-refractivity contribution in [3.05, 3.63) is 30.3 Å². The van der Waals surface area contributed by atoms with Crippen molar-refractivity contribution in [2.24, 2.45) is 5.73 Å². The highest BCUT2D eigenvalue weighted by Gasteiger charge is 2.28. The number of hydrogen-bond acceptors (Lipinski definition) is 3. The van der Waals surface area contributed by atoms with E-state index in [-0.39, 0.29) is 0 Å². The van der Waals surface area contributed by atoms with Crippen LogP contribution in [-0.2, 0) is 0 Å². The summed E-state index contributed by atoms with van der Waals surface area (Å²) in [6.45, 7) is 2.83. The summed E-state index contributed by atoms with van der Waals surface area (Å²) in [4.78, 5) is 3.11. The first-order valence-electron chi connectivity index (χ1n) is 6.96. The lowest BCUT2D eigenvalue weighted by molar-refractivity contribution is 0.231. The molecular formula is C15H22N2OS. The van der Waals surface area contributed by atoms with Crippen molar-refractivity contribution in [2.75, 3.05) is 19.7 Å². The van der Waals surface area contributed by atoms with Crippen LogP contribution in [0.4, 0.5) is 0 Å². The Labute approximate surface area is 120 Å². The zero-order valence-corrected chi connectivity index (χ0v) is 12.1. The molecule has 1 fully saturated rings. The lowest BCUT2D eigenvalue weighted by Crippen LogP contribution is -2.31. The van der Waals surface area contributed by atoms with Gasteiger partial charge in [0.15, 0.2) is 0 Å². The van der Waals surface area contributed by atoms with E-state index in [1.54, 1.807) is 0 Å². The van der Waals surface area contributed by atoms with Crippen LogP contribution in [0.1, 0.15) is 25.7 Å². The lowest BCUT2D eigenvalue weighted by atomic mass is 10.3. The highest BCUT2D eigenvalue weighted by Crippen LogP contribution is 2.27. The minimum atomic E-state index is 0.617. The number of nitrogens with two attached hydrogens (primary N) is 1. The van der Waals surface area contributed by atoms with Crippen LogP contribution in [0.5, 0.6) is 5.75 Å². The van der Waals surface area contributed by atoms with Gasteiger partial charge in [-0.2, -0.15) is 0 Å². The van der Waals surface area contributed by atoms with Crippen LogP contribution in [-0.4, -0.2) is 35.6 Å². The summed E-state index contributed by atoms with van der Waals surface area (Å²) in [5.41, 5.74) is 5.57. The third kappa shape index (κ3) is 5.57. The molecule has 2 rings (SSSR count). The Bertz CT molecular complexity index is 392. The summed E-state index contributed by atoms with van der Waals surface area (Å²) in [5.74, 6) is 0.948. The van der Waals surface area contributed by atoms with Crippen LogP contribution < -0.4 is 10.5 Å². The first-order valence-corrected chi connectivity index (χ1v) is 7.37. The summed E-state index contributed by atoms with van der Waals surface area (Å²) in [5, 5.41) is 0. The van der Waals surface area contributed by atoms with E-state index >= 15 is 0 Å². The van der Waals surface area contributed by atoms with Crippen molar-refractivity contribution >= 4 is 17.2 Å². The maximum atomic E-state index is 5.70. The summed E-state index contributed by atoms with van der Waals surface area (Å²) in [7, 11) is 0. The molecular weight excluding hydrogens is 256 g/mol. The SMILES string of the molecule is NC(=S)CCN(CCCOc1ccccc1)C1CC1. The summed E-state index contributed by atoms with van der Waals surface area (Å²) < 4.78 is 5.70. The molecule has 1 saturated carbocycles. The van der Waals surface area contributed by atoms with E-state index in [0.29, 0.717) is 4.99 Å². The molecule has 0 spiro atoms. The Morgan fingerprint density at radius 2 is 2.00 bits per heavy atom. The molecule has 3 nitrogen and oxygen atoms in total. The molecule has 0 amide bonds. The fraction of sp³-hybridized carbons (Fsp3) is 0.533. The first-order chi connectivity index (χ1) is 9.25. The van der Waals surface area contributed by atoms with Crippen molar-refractivity contribution in [2.45, 2.75) is 31.7 Å². The Morgan fingerprint density at radius 1 is 1.26 bits per heavy atom. The number of para-hydroxylation sites is 1. The number of ether oxygens (including phenoxy) is 1. The van der Waals surface area contributed by atoms with Gasteiger partial charge in [-0.05, 0) is 31.4 Å². The summed E-state index contributed by atoms with van der Waals surface area (Å²) in [6, 6.07) is 10.7. The van der Waals surface area contributed by atoms with Crippen LogP contribution >= 0.6 is 12.2 Å². The molecule has 1 aromatic carbocycles. The first kappa shape index (κ1) is 14.3. The van der Waals surface area contributed by atoms with E-state index < -0.39 is 0 Å². The predicted molar refractivity (Wildman–Crippen MR) is 82.6 cm³/mol. The molecule has 0 atom stereocenters. The topological polar surface area (TPSA) is 38.5 Å². The van der Waals surface area contributed by atoms with Gasteiger partial charge in [-0.3, -0.25) is 4.90 Å². The number of nitrogens with zero attached hydrogens (tertiary/aromatic N) is 1. The average molecular weight is 278 g/mol. The van der Waals surface area contributed by atoms with Crippen molar-refractivity contribution < 1.29 is 4.74 Å². The second kappa shape index (κ2) is 7.46. The zero-order chi connectivity index (χ0) is 13.5. The van der Waals surface area contributed by atoms with Crippen LogP contribution in [0.25, 0.3) is 0 Å². The number of hydrogen-bond donors (Lipinski definition) is 1. The fourth-order valence-corrected chi connectivity index (χ4v) is 2.24. The van der Waals surface area contributed by atoms with Gasteiger partial charge in [-0.25, -0.2) is 0 Å². The van der Waals surface area contributed by atoms with Gasteiger partial charge in [0, 0.05) is 25.6 Å². The van der Waals surface area contributed by atoms with Gasteiger partial charge in [-0.1, -0.05) is 30.4 Å². The predicted octanol–water partition coefficient (Wildman–Crippen LogP) is 2.60. The highest BCUT2D eigenvalue weighted by atomic mass is 32.1. The van der Waals surface area contributed by atoms with E-state index in [4.69, 9.17) is 22.7 Å². The maximum Gasteiger partial charge on any atom is 0.119 e. The van der Waals surface area contributed by atoms with Crippen LogP contribution in [0.15, 0.2) is 30.3 Å². The number of benzene rings is 1.